The zero-order chi connectivity index (χ0) is 22.2. The number of methoxy groups -OCH3 is 1. The van der Waals surface area contributed by atoms with Crippen LogP contribution in [-0.4, -0.2) is 35.6 Å². The third-order valence-corrected chi connectivity index (χ3v) is 4.76. The molecule has 0 bridgehead atoms. The minimum atomic E-state index is -0.592. The van der Waals surface area contributed by atoms with Gasteiger partial charge in [0.15, 0.2) is 0 Å². The monoisotopic (exact) mass is 482 g/mol. The zero-order valence-corrected chi connectivity index (χ0v) is 18.3. The molecule has 0 unspecified atom stereocenters. The maximum atomic E-state index is 13.1. The Labute approximate surface area is 186 Å². The van der Waals surface area contributed by atoms with E-state index in [1.807, 2.05) is 6.07 Å². The molecule has 0 fully saturated rings. The van der Waals surface area contributed by atoms with Crippen molar-refractivity contribution in [3.8, 4) is 17.7 Å². The highest BCUT2D eigenvalue weighted by Gasteiger charge is 2.17. The van der Waals surface area contributed by atoms with Crippen molar-refractivity contribution in [2.24, 2.45) is 0 Å². The molecule has 2 aromatic heterocycles. The summed E-state index contributed by atoms with van der Waals surface area (Å²) in [5, 5.41) is 12.1. The fourth-order valence-corrected chi connectivity index (χ4v) is 2.97. The lowest BCUT2D eigenvalue weighted by Gasteiger charge is -2.10. The molecule has 0 saturated carbocycles. The number of nitriles is 1. The highest BCUT2D eigenvalue weighted by molar-refractivity contribution is 9.10. The number of nitrogens with one attached hydrogen (secondary N) is 1. The van der Waals surface area contributed by atoms with Crippen LogP contribution >= 0.6 is 15.9 Å². The molecule has 0 aliphatic carbocycles. The van der Waals surface area contributed by atoms with Crippen LogP contribution in [0, 0.1) is 11.3 Å². The second kappa shape index (κ2) is 10.5. The van der Waals surface area contributed by atoms with Gasteiger partial charge in [-0.25, -0.2) is 0 Å². The molecule has 0 atom stereocenters. The molecule has 3 aromatic rings. The number of ether oxygens (including phenoxy) is 2. The van der Waals surface area contributed by atoms with E-state index in [2.05, 4.69) is 26.2 Å². The Morgan fingerprint density at radius 2 is 2.06 bits per heavy atom. The summed E-state index contributed by atoms with van der Waals surface area (Å²) in [6, 6.07) is 13.9. The Hall–Kier alpha value is -3.48. The fraction of sp³-hybridized carbons (Fsp3) is 0.182. The summed E-state index contributed by atoms with van der Waals surface area (Å²) in [5.74, 6) is -0.142. The van der Waals surface area contributed by atoms with E-state index in [4.69, 9.17) is 9.47 Å². The van der Waals surface area contributed by atoms with Gasteiger partial charge in [-0.2, -0.15) is 10.2 Å². The first-order valence-electron chi connectivity index (χ1n) is 9.37. The molecule has 9 heteroatoms. The van der Waals surface area contributed by atoms with Crippen LogP contribution in [0.25, 0.3) is 11.7 Å². The Balaban J connectivity index is 2.04. The van der Waals surface area contributed by atoms with Gasteiger partial charge in [-0.1, -0.05) is 22.0 Å². The number of rotatable bonds is 8. The van der Waals surface area contributed by atoms with E-state index < -0.39 is 11.5 Å². The highest BCUT2D eigenvalue weighted by atomic mass is 79.9. The fourth-order valence-electron chi connectivity index (χ4n) is 2.70. The van der Waals surface area contributed by atoms with E-state index in [1.165, 1.54) is 10.5 Å². The van der Waals surface area contributed by atoms with Crippen LogP contribution in [0.3, 0.4) is 0 Å². The number of pyridine rings is 1. The Kier molecular flexibility index (Phi) is 7.54. The van der Waals surface area contributed by atoms with Crippen molar-refractivity contribution in [2.45, 2.75) is 6.42 Å². The Morgan fingerprint density at radius 3 is 2.77 bits per heavy atom. The van der Waals surface area contributed by atoms with Gasteiger partial charge in [0.05, 0.1) is 0 Å². The molecule has 1 amide bonds. The average molecular weight is 483 g/mol. The van der Waals surface area contributed by atoms with Gasteiger partial charge in [-0.05, 0) is 48.9 Å². The molecule has 3 rings (SSSR count). The minimum Gasteiger partial charge on any atom is -0.438 e. The average Bonchev–Trinajstić information content (AvgIpc) is 2.78. The molecule has 2 heterocycles. The topological polar surface area (TPSA) is 106 Å². The first-order chi connectivity index (χ1) is 15.0. The smallest absolute Gasteiger partial charge is 0.269 e. The molecule has 0 spiro atoms. The molecule has 0 aliphatic rings. The molecule has 1 N–H and O–H groups in total. The maximum Gasteiger partial charge on any atom is 0.269 e. The molecule has 0 saturated heterocycles. The van der Waals surface area contributed by atoms with Crippen LogP contribution in [0.1, 0.15) is 12.0 Å². The van der Waals surface area contributed by atoms with E-state index in [9.17, 15) is 14.9 Å². The second-order valence-electron chi connectivity index (χ2n) is 6.39. The third kappa shape index (κ3) is 5.57. The van der Waals surface area contributed by atoms with Crippen molar-refractivity contribution in [2.75, 3.05) is 20.3 Å². The van der Waals surface area contributed by atoms with Crippen LogP contribution < -0.4 is 15.6 Å². The van der Waals surface area contributed by atoms with E-state index >= 15 is 0 Å². The Bertz CT molecular complexity index is 1210. The normalized spacial score (nSPS) is 11.2. The lowest BCUT2D eigenvalue weighted by atomic mass is 10.1. The number of hydrogen-bond donors (Lipinski definition) is 1. The van der Waals surface area contributed by atoms with Gasteiger partial charge in [0.1, 0.15) is 28.6 Å². The van der Waals surface area contributed by atoms with Gasteiger partial charge in [0, 0.05) is 30.9 Å². The summed E-state index contributed by atoms with van der Waals surface area (Å²) in [5.41, 5.74) is -0.319. The minimum absolute atomic E-state index is 0.00143. The number of halogens is 1. The molecule has 8 nitrogen and oxygen atoms in total. The van der Waals surface area contributed by atoms with Gasteiger partial charge in [-0.3, -0.25) is 14.0 Å². The summed E-state index contributed by atoms with van der Waals surface area (Å²) < 4.78 is 13.0. The van der Waals surface area contributed by atoms with Crippen molar-refractivity contribution in [3.05, 3.63) is 74.6 Å². The van der Waals surface area contributed by atoms with E-state index in [-0.39, 0.29) is 17.0 Å². The summed E-state index contributed by atoms with van der Waals surface area (Å²) in [7, 11) is 1.57. The van der Waals surface area contributed by atoms with Crippen molar-refractivity contribution in [1.82, 2.24) is 14.7 Å². The number of aromatic nitrogens is 2. The lowest BCUT2D eigenvalue weighted by Crippen LogP contribution is -2.27. The van der Waals surface area contributed by atoms with Crippen molar-refractivity contribution in [3.63, 3.8) is 0 Å². The van der Waals surface area contributed by atoms with E-state index in [0.29, 0.717) is 31.0 Å². The van der Waals surface area contributed by atoms with Crippen molar-refractivity contribution >= 4 is 33.6 Å². The number of nitrogens with zero attached hydrogens (tertiary/aromatic N) is 3. The van der Waals surface area contributed by atoms with Crippen LogP contribution in [0.15, 0.2) is 63.5 Å². The van der Waals surface area contributed by atoms with Crippen LogP contribution in [0.5, 0.6) is 11.6 Å². The maximum absolute atomic E-state index is 13.1. The molecule has 0 aliphatic heterocycles. The van der Waals surface area contributed by atoms with Crippen LogP contribution in [0.2, 0.25) is 0 Å². The van der Waals surface area contributed by atoms with Gasteiger partial charge < -0.3 is 14.8 Å². The first-order valence-corrected chi connectivity index (χ1v) is 10.2. The number of carbonyl (C=O) groups excluding carboxylic acids is 1. The number of fused-ring (bicyclic) bond motifs is 1. The van der Waals surface area contributed by atoms with Gasteiger partial charge in [0.25, 0.3) is 11.5 Å². The molecular formula is C22H19BrN4O4. The summed E-state index contributed by atoms with van der Waals surface area (Å²) in [6.45, 7) is 0.815. The van der Waals surface area contributed by atoms with Gasteiger partial charge in [-0.15, -0.1) is 0 Å². The number of amides is 1. The number of benzene rings is 1. The Morgan fingerprint density at radius 1 is 1.29 bits per heavy atom. The van der Waals surface area contributed by atoms with E-state index in [1.54, 1.807) is 55.8 Å². The molecular weight excluding hydrogens is 464 g/mol. The predicted molar refractivity (Wildman–Crippen MR) is 119 cm³/mol. The largest absolute Gasteiger partial charge is 0.438 e. The van der Waals surface area contributed by atoms with E-state index in [0.717, 1.165) is 4.47 Å². The van der Waals surface area contributed by atoms with Crippen LogP contribution in [-0.2, 0) is 9.53 Å². The van der Waals surface area contributed by atoms with Gasteiger partial charge in [0.2, 0.25) is 5.88 Å². The molecule has 1 aromatic carbocycles. The number of hydrogen-bond acceptors (Lipinski definition) is 6. The zero-order valence-electron chi connectivity index (χ0n) is 16.7. The predicted octanol–water partition coefficient (Wildman–Crippen LogP) is 3.31. The SMILES string of the molecule is COCCCNC(=O)/C(C#N)=C/c1c(Oc2ccc(Br)cc2)nc2ccccn2c1=O. The summed E-state index contributed by atoms with van der Waals surface area (Å²) in [6.07, 6.45) is 3.36. The summed E-state index contributed by atoms with van der Waals surface area (Å²) in [4.78, 5) is 29.9. The first kappa shape index (κ1) is 22.2. The van der Waals surface area contributed by atoms with Crippen molar-refractivity contribution < 1.29 is 14.3 Å². The van der Waals surface area contributed by atoms with Crippen molar-refractivity contribution in [1.29, 1.82) is 5.26 Å². The molecule has 0 radical (unpaired) electrons. The lowest BCUT2D eigenvalue weighted by molar-refractivity contribution is -0.117. The van der Waals surface area contributed by atoms with Crippen LogP contribution in [0.4, 0.5) is 0 Å². The molecule has 31 heavy (non-hydrogen) atoms. The standard InChI is InChI=1S/C22H19BrN4O4/c1-30-12-4-10-25-20(28)15(14-24)13-18-21(31-17-8-6-16(23)7-9-17)26-19-5-2-3-11-27(19)22(18)29/h2-3,5-9,11,13H,4,10,12H2,1H3,(H,25,28)/b15-13+. The summed E-state index contributed by atoms with van der Waals surface area (Å²) >= 11 is 3.36. The third-order valence-electron chi connectivity index (χ3n) is 4.23. The van der Waals surface area contributed by atoms with Gasteiger partial charge >= 0.3 is 0 Å². The number of carbonyl (C=O) groups is 1. The molecule has 158 valence electrons. The highest BCUT2D eigenvalue weighted by Crippen LogP contribution is 2.25. The second-order valence-corrected chi connectivity index (χ2v) is 7.31. The quantitative estimate of drug-likeness (QED) is 0.300.